The van der Waals surface area contributed by atoms with Gasteiger partial charge in [0.25, 0.3) is 0 Å². The summed E-state index contributed by atoms with van der Waals surface area (Å²) in [6.45, 7) is 1.40. The zero-order valence-electron chi connectivity index (χ0n) is 16.9. The SMILES string of the molecule is CN=C(NCCc1ccc(F)cc1)NCC(c1ccccc1OC)N(C)C.I. The first-order chi connectivity index (χ1) is 13.0. The number of nitrogens with one attached hydrogen (secondary N) is 2. The molecule has 28 heavy (non-hydrogen) atoms. The Labute approximate surface area is 184 Å². The van der Waals surface area contributed by atoms with Gasteiger partial charge in [-0.2, -0.15) is 0 Å². The van der Waals surface area contributed by atoms with Crippen LogP contribution in [0.3, 0.4) is 0 Å². The summed E-state index contributed by atoms with van der Waals surface area (Å²) in [7, 11) is 7.53. The summed E-state index contributed by atoms with van der Waals surface area (Å²) >= 11 is 0. The van der Waals surface area contributed by atoms with Crippen LogP contribution in [-0.4, -0.2) is 52.2 Å². The Hall–Kier alpha value is -1.87. The lowest BCUT2D eigenvalue weighted by Gasteiger charge is -2.27. The molecule has 5 nitrogen and oxygen atoms in total. The van der Waals surface area contributed by atoms with Gasteiger partial charge < -0.3 is 20.3 Å². The monoisotopic (exact) mass is 500 g/mol. The van der Waals surface area contributed by atoms with E-state index in [1.165, 1.54) is 12.1 Å². The second-order valence-corrected chi connectivity index (χ2v) is 6.48. The smallest absolute Gasteiger partial charge is 0.191 e. The number of rotatable bonds is 8. The van der Waals surface area contributed by atoms with Gasteiger partial charge >= 0.3 is 0 Å². The van der Waals surface area contributed by atoms with Crippen molar-refractivity contribution in [2.24, 2.45) is 4.99 Å². The fraction of sp³-hybridized carbons (Fsp3) is 0.381. The molecule has 0 aromatic heterocycles. The lowest BCUT2D eigenvalue weighted by atomic mass is 10.0. The Morgan fingerprint density at radius 2 is 1.79 bits per heavy atom. The van der Waals surface area contributed by atoms with Crippen LogP contribution in [0.4, 0.5) is 4.39 Å². The zero-order valence-corrected chi connectivity index (χ0v) is 19.2. The molecule has 0 aliphatic rings. The summed E-state index contributed by atoms with van der Waals surface area (Å²) in [5.41, 5.74) is 2.21. The first-order valence-corrected chi connectivity index (χ1v) is 9.03. The Morgan fingerprint density at radius 3 is 2.39 bits per heavy atom. The molecule has 0 spiro atoms. The maximum atomic E-state index is 13.0. The van der Waals surface area contributed by atoms with Crippen LogP contribution in [0.25, 0.3) is 0 Å². The number of halogens is 2. The molecule has 1 unspecified atom stereocenters. The maximum absolute atomic E-state index is 13.0. The van der Waals surface area contributed by atoms with Crippen molar-refractivity contribution < 1.29 is 9.13 Å². The minimum atomic E-state index is -0.213. The van der Waals surface area contributed by atoms with Crippen molar-refractivity contribution in [2.45, 2.75) is 12.5 Å². The number of aliphatic imine (C=N–C) groups is 1. The molecule has 0 aliphatic carbocycles. The molecule has 0 fully saturated rings. The van der Waals surface area contributed by atoms with Crippen LogP contribution in [0.1, 0.15) is 17.2 Å². The summed E-state index contributed by atoms with van der Waals surface area (Å²) in [4.78, 5) is 6.44. The third kappa shape index (κ3) is 7.27. The number of methoxy groups -OCH3 is 1. The molecule has 2 aromatic rings. The van der Waals surface area contributed by atoms with E-state index in [0.717, 1.165) is 29.3 Å². The highest BCUT2D eigenvalue weighted by atomic mass is 127. The Morgan fingerprint density at radius 1 is 1.11 bits per heavy atom. The first-order valence-electron chi connectivity index (χ1n) is 9.03. The van der Waals surface area contributed by atoms with E-state index < -0.39 is 0 Å². The highest BCUT2D eigenvalue weighted by Crippen LogP contribution is 2.27. The Kier molecular flexibility index (Phi) is 10.8. The summed E-state index contributed by atoms with van der Waals surface area (Å²) in [6, 6.07) is 14.7. The number of guanidine groups is 1. The minimum Gasteiger partial charge on any atom is -0.496 e. The molecule has 2 N–H and O–H groups in total. The fourth-order valence-corrected chi connectivity index (χ4v) is 2.90. The van der Waals surface area contributed by atoms with E-state index >= 15 is 0 Å². The maximum Gasteiger partial charge on any atom is 0.191 e. The van der Waals surface area contributed by atoms with Gasteiger partial charge in [0.1, 0.15) is 11.6 Å². The van der Waals surface area contributed by atoms with Crippen molar-refractivity contribution in [1.29, 1.82) is 0 Å². The van der Waals surface area contributed by atoms with Crippen LogP contribution >= 0.6 is 24.0 Å². The molecule has 154 valence electrons. The third-order valence-electron chi connectivity index (χ3n) is 4.43. The van der Waals surface area contributed by atoms with Crippen LogP contribution < -0.4 is 15.4 Å². The van der Waals surface area contributed by atoms with Gasteiger partial charge in [-0.25, -0.2) is 4.39 Å². The van der Waals surface area contributed by atoms with E-state index in [4.69, 9.17) is 4.74 Å². The number of hydrogen-bond donors (Lipinski definition) is 2. The lowest BCUT2D eigenvalue weighted by molar-refractivity contribution is 0.288. The van der Waals surface area contributed by atoms with Gasteiger partial charge in [0, 0.05) is 25.7 Å². The number of hydrogen-bond acceptors (Lipinski definition) is 3. The van der Waals surface area contributed by atoms with Crippen LogP contribution in [-0.2, 0) is 6.42 Å². The Bertz CT molecular complexity index is 737. The molecule has 2 rings (SSSR count). The van der Waals surface area contributed by atoms with E-state index in [2.05, 4.69) is 26.6 Å². The zero-order chi connectivity index (χ0) is 19.6. The molecule has 1 atom stereocenters. The van der Waals surface area contributed by atoms with E-state index in [1.54, 1.807) is 26.3 Å². The van der Waals surface area contributed by atoms with E-state index in [0.29, 0.717) is 13.1 Å². The van der Waals surface area contributed by atoms with Crippen molar-refractivity contribution >= 4 is 29.9 Å². The predicted molar refractivity (Wildman–Crippen MR) is 124 cm³/mol. The van der Waals surface area contributed by atoms with E-state index in [1.807, 2.05) is 32.3 Å². The van der Waals surface area contributed by atoms with Crippen molar-refractivity contribution in [3.05, 3.63) is 65.5 Å². The first kappa shape index (κ1) is 24.2. The molecule has 0 bridgehead atoms. The number of ether oxygens (including phenoxy) is 1. The number of likely N-dealkylation sites (N-methyl/N-ethyl adjacent to an activating group) is 1. The van der Waals surface area contributed by atoms with Gasteiger partial charge in [-0.15, -0.1) is 24.0 Å². The van der Waals surface area contributed by atoms with Gasteiger partial charge in [-0.3, -0.25) is 4.99 Å². The molecule has 0 saturated carbocycles. The van der Waals surface area contributed by atoms with Crippen LogP contribution in [0.2, 0.25) is 0 Å². The van der Waals surface area contributed by atoms with Crippen molar-refractivity contribution in [2.75, 3.05) is 41.3 Å². The third-order valence-corrected chi connectivity index (χ3v) is 4.43. The summed E-state index contributed by atoms with van der Waals surface area (Å²) in [6.07, 6.45) is 0.796. The van der Waals surface area contributed by atoms with Crippen LogP contribution in [0.15, 0.2) is 53.5 Å². The predicted octanol–water partition coefficient (Wildman–Crippen LogP) is 3.46. The van der Waals surface area contributed by atoms with Gasteiger partial charge in [-0.05, 0) is 44.3 Å². The van der Waals surface area contributed by atoms with E-state index in [-0.39, 0.29) is 35.8 Å². The molecular formula is C21H30FIN4O. The molecule has 0 aliphatic heterocycles. The number of para-hydroxylation sites is 1. The average molecular weight is 500 g/mol. The molecular weight excluding hydrogens is 470 g/mol. The van der Waals surface area contributed by atoms with Crippen LogP contribution in [0, 0.1) is 5.82 Å². The lowest BCUT2D eigenvalue weighted by Crippen LogP contribution is -2.42. The molecule has 7 heteroatoms. The van der Waals surface area contributed by atoms with Gasteiger partial charge in [-0.1, -0.05) is 30.3 Å². The van der Waals surface area contributed by atoms with Gasteiger partial charge in [0.2, 0.25) is 0 Å². The largest absolute Gasteiger partial charge is 0.496 e. The minimum absolute atomic E-state index is 0. The van der Waals surface area contributed by atoms with Crippen molar-refractivity contribution in [3.63, 3.8) is 0 Å². The van der Waals surface area contributed by atoms with Gasteiger partial charge in [0.15, 0.2) is 5.96 Å². The second kappa shape index (κ2) is 12.6. The topological polar surface area (TPSA) is 48.9 Å². The molecule has 0 radical (unpaired) electrons. The summed E-state index contributed by atoms with van der Waals surface area (Å²) in [5.74, 6) is 1.39. The fourth-order valence-electron chi connectivity index (χ4n) is 2.90. The van der Waals surface area contributed by atoms with E-state index in [9.17, 15) is 4.39 Å². The standard InChI is InChI=1S/C21H29FN4O.HI/c1-23-21(24-14-13-16-9-11-17(22)12-10-16)25-15-19(26(2)3)18-7-5-6-8-20(18)27-4;/h5-12,19H,13-15H2,1-4H3,(H2,23,24,25);1H. The molecule has 0 heterocycles. The summed E-state index contributed by atoms with van der Waals surface area (Å²) in [5, 5.41) is 6.68. The average Bonchev–Trinajstić information content (AvgIpc) is 2.68. The normalized spacial score (nSPS) is 12.3. The van der Waals surface area contributed by atoms with Crippen molar-refractivity contribution in [1.82, 2.24) is 15.5 Å². The summed E-state index contributed by atoms with van der Waals surface area (Å²) < 4.78 is 18.5. The molecule has 0 saturated heterocycles. The molecule has 0 amide bonds. The van der Waals surface area contributed by atoms with Crippen LogP contribution in [0.5, 0.6) is 5.75 Å². The number of benzene rings is 2. The highest BCUT2D eigenvalue weighted by Gasteiger charge is 2.18. The Balaban J connectivity index is 0.00000392. The second-order valence-electron chi connectivity index (χ2n) is 6.48. The highest BCUT2D eigenvalue weighted by molar-refractivity contribution is 14.0. The molecule has 2 aromatic carbocycles. The quantitative estimate of drug-likeness (QED) is 0.331. The number of nitrogens with zero attached hydrogens (tertiary/aromatic N) is 2. The van der Waals surface area contributed by atoms with Gasteiger partial charge in [0.05, 0.1) is 13.2 Å². The van der Waals surface area contributed by atoms with Crippen molar-refractivity contribution in [3.8, 4) is 5.75 Å².